The average molecular weight is 404 g/mol. The highest BCUT2D eigenvalue weighted by atomic mass is 32.2. The molecule has 0 saturated heterocycles. The minimum atomic E-state index is -0.312. The van der Waals surface area contributed by atoms with E-state index in [9.17, 15) is 4.39 Å². The summed E-state index contributed by atoms with van der Waals surface area (Å²) >= 11 is 1.47. The summed E-state index contributed by atoms with van der Waals surface area (Å²) in [5.74, 6) is 1.03. The summed E-state index contributed by atoms with van der Waals surface area (Å²) in [6.45, 7) is 0. The first-order valence-electron chi connectivity index (χ1n) is 8.73. The fraction of sp³-hybridized carbons (Fsp3) is 0.0500. The number of fused-ring (bicyclic) bond motifs is 1. The number of nitrogens with zero attached hydrogens (tertiary/aromatic N) is 6. The van der Waals surface area contributed by atoms with Gasteiger partial charge in [0, 0.05) is 5.56 Å². The third kappa shape index (κ3) is 3.47. The Kier molecular flexibility index (Phi) is 4.49. The van der Waals surface area contributed by atoms with Gasteiger partial charge in [-0.05, 0) is 36.4 Å². The van der Waals surface area contributed by atoms with E-state index in [1.807, 2.05) is 30.3 Å². The van der Waals surface area contributed by atoms with Crippen molar-refractivity contribution in [3.8, 4) is 17.1 Å². The van der Waals surface area contributed by atoms with Crippen molar-refractivity contribution in [2.75, 3.05) is 0 Å². The maximum absolute atomic E-state index is 13.1. The molecule has 0 amide bonds. The average Bonchev–Trinajstić information content (AvgIpc) is 3.41. The minimum Gasteiger partial charge on any atom is -0.334 e. The molecule has 7 nitrogen and oxygen atoms in total. The Hall–Kier alpha value is -3.59. The molecule has 29 heavy (non-hydrogen) atoms. The molecule has 0 saturated carbocycles. The van der Waals surface area contributed by atoms with E-state index in [1.54, 1.807) is 23.0 Å². The van der Waals surface area contributed by atoms with Crippen LogP contribution in [0.1, 0.15) is 5.82 Å². The van der Waals surface area contributed by atoms with Crippen molar-refractivity contribution in [2.24, 2.45) is 0 Å². The summed E-state index contributed by atoms with van der Waals surface area (Å²) in [5.41, 5.74) is 2.33. The molecule has 5 rings (SSSR count). The molecule has 3 aromatic heterocycles. The lowest BCUT2D eigenvalue weighted by Gasteiger charge is -2.03. The molecule has 0 fully saturated rings. The smallest absolute Gasteiger partial charge is 0.257 e. The van der Waals surface area contributed by atoms with Gasteiger partial charge in [0.1, 0.15) is 17.2 Å². The van der Waals surface area contributed by atoms with Crippen molar-refractivity contribution < 1.29 is 8.91 Å². The Morgan fingerprint density at radius 1 is 1.00 bits per heavy atom. The van der Waals surface area contributed by atoms with Crippen LogP contribution in [0.25, 0.3) is 28.2 Å². The lowest BCUT2D eigenvalue weighted by Crippen LogP contribution is -1.97. The number of hydrogen-bond acceptors (Lipinski definition) is 7. The van der Waals surface area contributed by atoms with Crippen molar-refractivity contribution in [3.05, 3.63) is 78.8 Å². The van der Waals surface area contributed by atoms with Gasteiger partial charge >= 0.3 is 0 Å². The summed E-state index contributed by atoms with van der Waals surface area (Å²) < 4.78 is 20.1. The lowest BCUT2D eigenvalue weighted by molar-refractivity contribution is 0.425. The molecule has 0 spiro atoms. The number of thioether (sulfide) groups is 1. The Balaban J connectivity index is 1.38. The Morgan fingerprint density at radius 2 is 1.83 bits per heavy atom. The van der Waals surface area contributed by atoms with E-state index >= 15 is 0 Å². The van der Waals surface area contributed by atoms with Crippen molar-refractivity contribution in [2.45, 2.75) is 10.8 Å². The molecular formula is C20H13FN6OS. The number of rotatable bonds is 5. The van der Waals surface area contributed by atoms with Gasteiger partial charge in [-0.1, -0.05) is 35.1 Å². The van der Waals surface area contributed by atoms with E-state index in [1.165, 1.54) is 30.2 Å². The molecule has 3 heterocycles. The van der Waals surface area contributed by atoms with E-state index in [0.717, 1.165) is 21.7 Å². The molecule has 142 valence electrons. The van der Waals surface area contributed by atoms with Gasteiger partial charge in [0.15, 0.2) is 11.5 Å². The van der Waals surface area contributed by atoms with E-state index in [-0.39, 0.29) is 5.82 Å². The first kappa shape index (κ1) is 17.5. The maximum atomic E-state index is 13.1. The van der Waals surface area contributed by atoms with Crippen LogP contribution in [0.4, 0.5) is 4.39 Å². The molecule has 2 aromatic carbocycles. The number of aromatic nitrogens is 6. The zero-order valence-electron chi connectivity index (χ0n) is 14.9. The zero-order chi connectivity index (χ0) is 19.6. The highest BCUT2D eigenvalue weighted by molar-refractivity contribution is 7.98. The SMILES string of the molecule is Fc1ccc(-c2nc(CSc3ncnc4c3cnn4-c3ccccc3)no2)cc1. The van der Waals surface area contributed by atoms with Crippen molar-refractivity contribution in [1.29, 1.82) is 0 Å². The normalized spacial score (nSPS) is 11.2. The predicted octanol–water partition coefficient (Wildman–Crippen LogP) is 4.30. The topological polar surface area (TPSA) is 82.5 Å². The van der Waals surface area contributed by atoms with Crippen LogP contribution in [-0.2, 0) is 5.75 Å². The highest BCUT2D eigenvalue weighted by Crippen LogP contribution is 2.28. The molecule has 0 aliphatic rings. The van der Waals surface area contributed by atoms with Crippen molar-refractivity contribution >= 4 is 22.8 Å². The first-order chi connectivity index (χ1) is 14.3. The molecule has 0 aliphatic heterocycles. The molecule has 0 atom stereocenters. The van der Waals surface area contributed by atoms with E-state index < -0.39 is 0 Å². The molecule has 0 aliphatic carbocycles. The lowest BCUT2D eigenvalue weighted by atomic mass is 10.2. The monoisotopic (exact) mass is 404 g/mol. The predicted molar refractivity (Wildman–Crippen MR) is 106 cm³/mol. The first-order valence-corrected chi connectivity index (χ1v) is 9.72. The summed E-state index contributed by atoms with van der Waals surface area (Å²) in [4.78, 5) is 13.1. The fourth-order valence-electron chi connectivity index (χ4n) is 2.85. The van der Waals surface area contributed by atoms with E-state index in [2.05, 4.69) is 25.2 Å². The van der Waals surface area contributed by atoms with Crippen molar-refractivity contribution in [1.82, 2.24) is 29.9 Å². The second kappa shape index (κ2) is 7.44. The van der Waals surface area contributed by atoms with Gasteiger partial charge in [0.25, 0.3) is 5.89 Å². The maximum Gasteiger partial charge on any atom is 0.257 e. The van der Waals surface area contributed by atoms with Gasteiger partial charge in [-0.15, -0.1) is 0 Å². The van der Waals surface area contributed by atoms with Crippen LogP contribution >= 0.6 is 11.8 Å². The van der Waals surface area contributed by atoms with Gasteiger partial charge in [-0.2, -0.15) is 10.1 Å². The molecule has 0 N–H and O–H groups in total. The highest BCUT2D eigenvalue weighted by Gasteiger charge is 2.14. The van der Waals surface area contributed by atoms with Crippen LogP contribution < -0.4 is 0 Å². The van der Waals surface area contributed by atoms with E-state index in [0.29, 0.717) is 23.0 Å². The Morgan fingerprint density at radius 3 is 2.66 bits per heavy atom. The molecular weight excluding hydrogens is 391 g/mol. The van der Waals surface area contributed by atoms with Crippen LogP contribution in [0.3, 0.4) is 0 Å². The second-order valence-corrected chi connectivity index (χ2v) is 7.08. The second-order valence-electron chi connectivity index (χ2n) is 6.12. The molecule has 9 heteroatoms. The fourth-order valence-corrected chi connectivity index (χ4v) is 3.66. The van der Waals surface area contributed by atoms with Gasteiger partial charge in [-0.25, -0.2) is 19.0 Å². The standard InChI is InChI=1S/C20H13FN6OS/c21-14-8-6-13(7-9-14)19-25-17(26-28-19)11-29-20-16-10-24-27(18(16)22-12-23-20)15-4-2-1-3-5-15/h1-10,12H,11H2. The number of halogens is 1. The number of benzene rings is 2. The number of hydrogen-bond donors (Lipinski definition) is 0. The van der Waals surface area contributed by atoms with Crippen molar-refractivity contribution in [3.63, 3.8) is 0 Å². The summed E-state index contributed by atoms with van der Waals surface area (Å²) in [6.07, 6.45) is 3.27. The molecule has 5 aromatic rings. The van der Waals surface area contributed by atoms with Crippen LogP contribution in [-0.4, -0.2) is 29.9 Å². The Bertz CT molecular complexity index is 1270. The van der Waals surface area contributed by atoms with Crippen LogP contribution in [0.2, 0.25) is 0 Å². The third-order valence-corrected chi connectivity index (χ3v) is 5.23. The largest absolute Gasteiger partial charge is 0.334 e. The number of para-hydroxylation sites is 1. The van der Waals surface area contributed by atoms with E-state index in [4.69, 9.17) is 4.52 Å². The third-order valence-electron chi connectivity index (χ3n) is 4.23. The molecule has 0 unspecified atom stereocenters. The van der Waals surface area contributed by atoms with Gasteiger partial charge < -0.3 is 4.52 Å². The summed E-state index contributed by atoms with van der Waals surface area (Å²) in [7, 11) is 0. The quantitative estimate of drug-likeness (QED) is 0.319. The van der Waals surface area contributed by atoms with Gasteiger partial charge in [0.2, 0.25) is 0 Å². The van der Waals surface area contributed by atoms with Gasteiger partial charge in [0.05, 0.1) is 23.0 Å². The van der Waals surface area contributed by atoms with Crippen LogP contribution in [0.5, 0.6) is 0 Å². The zero-order valence-corrected chi connectivity index (χ0v) is 15.8. The minimum absolute atomic E-state index is 0.312. The summed E-state index contributed by atoms with van der Waals surface area (Å²) in [6, 6.07) is 15.7. The van der Waals surface area contributed by atoms with Crippen LogP contribution in [0.15, 0.2) is 76.7 Å². The van der Waals surface area contributed by atoms with Crippen LogP contribution in [0, 0.1) is 5.82 Å². The molecule has 0 bridgehead atoms. The van der Waals surface area contributed by atoms with Gasteiger partial charge in [-0.3, -0.25) is 0 Å². The Labute approximate surface area is 168 Å². The molecule has 0 radical (unpaired) electrons. The summed E-state index contributed by atoms with van der Waals surface area (Å²) in [5, 5.41) is 10.1.